The van der Waals surface area contributed by atoms with Gasteiger partial charge in [0.2, 0.25) is 0 Å². The van der Waals surface area contributed by atoms with Crippen molar-refractivity contribution in [2.45, 2.75) is 38.6 Å². The lowest BCUT2D eigenvalue weighted by Crippen LogP contribution is -2.49. The van der Waals surface area contributed by atoms with E-state index in [1.807, 2.05) is 29.2 Å². The third kappa shape index (κ3) is 4.61. The number of likely N-dealkylation sites (tertiary alicyclic amines) is 1. The second kappa shape index (κ2) is 8.90. The smallest absolute Gasteiger partial charge is 0.260 e. The highest BCUT2D eigenvalue weighted by Gasteiger charge is 2.25. The Labute approximate surface area is 133 Å². The predicted molar refractivity (Wildman–Crippen MR) is 87.0 cm³/mol. The summed E-state index contributed by atoms with van der Waals surface area (Å²) < 4.78 is 5.70. The molecule has 1 heterocycles. The number of nitrogens with two attached hydrogens (primary N) is 1. The molecule has 0 aliphatic carbocycles. The number of para-hydroxylation sites is 1. The van der Waals surface area contributed by atoms with Gasteiger partial charge < -0.3 is 15.4 Å². The highest BCUT2D eigenvalue weighted by Crippen LogP contribution is 2.20. The van der Waals surface area contributed by atoms with E-state index in [-0.39, 0.29) is 31.0 Å². The fraction of sp³-hybridized carbons (Fsp3) is 0.562. The van der Waals surface area contributed by atoms with Crippen molar-refractivity contribution >= 4 is 18.3 Å². The maximum atomic E-state index is 12.3. The summed E-state index contributed by atoms with van der Waals surface area (Å²) in [5.74, 6) is 0.857. The Morgan fingerprint density at radius 3 is 2.86 bits per heavy atom. The zero-order valence-corrected chi connectivity index (χ0v) is 13.4. The molecule has 1 aliphatic rings. The van der Waals surface area contributed by atoms with Crippen LogP contribution in [0.1, 0.15) is 31.7 Å². The Kier molecular flexibility index (Phi) is 7.54. The molecular weight excluding hydrogens is 288 g/mol. The number of piperidine rings is 1. The summed E-state index contributed by atoms with van der Waals surface area (Å²) in [5.41, 5.74) is 6.88. The van der Waals surface area contributed by atoms with E-state index < -0.39 is 0 Å². The van der Waals surface area contributed by atoms with Gasteiger partial charge in [-0.2, -0.15) is 0 Å². The van der Waals surface area contributed by atoms with Gasteiger partial charge in [-0.1, -0.05) is 25.1 Å². The molecule has 1 aromatic rings. The first-order valence-electron chi connectivity index (χ1n) is 7.46. The van der Waals surface area contributed by atoms with Crippen LogP contribution in [0.5, 0.6) is 5.75 Å². The van der Waals surface area contributed by atoms with Crippen molar-refractivity contribution in [3.63, 3.8) is 0 Å². The molecule has 0 spiro atoms. The first kappa shape index (κ1) is 17.8. The van der Waals surface area contributed by atoms with Crippen LogP contribution in [0.4, 0.5) is 0 Å². The first-order chi connectivity index (χ1) is 9.76. The molecule has 1 unspecified atom stereocenters. The van der Waals surface area contributed by atoms with E-state index in [0.717, 1.165) is 43.5 Å². The van der Waals surface area contributed by atoms with Crippen LogP contribution in [0.15, 0.2) is 24.3 Å². The first-order valence-corrected chi connectivity index (χ1v) is 7.46. The molecule has 5 heteroatoms. The van der Waals surface area contributed by atoms with Gasteiger partial charge in [-0.25, -0.2) is 0 Å². The van der Waals surface area contributed by atoms with Crippen molar-refractivity contribution in [2.24, 2.45) is 5.73 Å². The van der Waals surface area contributed by atoms with Crippen LogP contribution in [-0.2, 0) is 11.2 Å². The number of carbonyl (C=O) groups is 1. The van der Waals surface area contributed by atoms with Gasteiger partial charge in [-0.05, 0) is 37.3 Å². The normalized spacial score (nSPS) is 18.0. The molecule has 21 heavy (non-hydrogen) atoms. The topological polar surface area (TPSA) is 55.6 Å². The molecule has 118 valence electrons. The van der Waals surface area contributed by atoms with Gasteiger partial charge in [0.25, 0.3) is 5.91 Å². The predicted octanol–water partition coefficient (Wildman–Crippen LogP) is 2.39. The van der Waals surface area contributed by atoms with E-state index in [0.29, 0.717) is 6.54 Å². The molecule has 1 fully saturated rings. The molecule has 1 atom stereocenters. The number of hydrogen-bond acceptors (Lipinski definition) is 3. The van der Waals surface area contributed by atoms with Crippen LogP contribution in [0.2, 0.25) is 0 Å². The lowest BCUT2D eigenvalue weighted by Gasteiger charge is -2.35. The SMILES string of the molecule is CCc1ccccc1OCC(=O)N1CCCCC1CN.Cl. The van der Waals surface area contributed by atoms with E-state index >= 15 is 0 Å². The van der Waals surface area contributed by atoms with Gasteiger partial charge in [-0.3, -0.25) is 4.79 Å². The standard InChI is InChI=1S/C16H24N2O2.ClH/c1-2-13-7-3-4-9-15(13)20-12-16(19)18-10-6-5-8-14(18)11-17;/h3-4,7,9,14H,2,5-6,8,10-12,17H2,1H3;1H. The summed E-state index contributed by atoms with van der Waals surface area (Å²) in [5, 5.41) is 0. The molecule has 1 amide bonds. The Hall–Kier alpha value is -1.26. The Bertz CT molecular complexity index is 454. The number of halogens is 1. The monoisotopic (exact) mass is 312 g/mol. The van der Waals surface area contributed by atoms with Crippen molar-refractivity contribution in [2.75, 3.05) is 19.7 Å². The van der Waals surface area contributed by atoms with Gasteiger partial charge in [-0.15, -0.1) is 12.4 Å². The fourth-order valence-corrected chi connectivity index (χ4v) is 2.73. The zero-order chi connectivity index (χ0) is 14.4. The summed E-state index contributed by atoms with van der Waals surface area (Å²) in [7, 11) is 0. The zero-order valence-electron chi connectivity index (χ0n) is 12.6. The Morgan fingerprint density at radius 1 is 1.38 bits per heavy atom. The van der Waals surface area contributed by atoms with Gasteiger partial charge >= 0.3 is 0 Å². The minimum absolute atomic E-state index is 0. The molecule has 1 saturated heterocycles. The van der Waals surface area contributed by atoms with Crippen molar-refractivity contribution < 1.29 is 9.53 Å². The summed E-state index contributed by atoms with van der Waals surface area (Å²) in [6.07, 6.45) is 4.13. The van der Waals surface area contributed by atoms with Crippen LogP contribution >= 0.6 is 12.4 Å². The fourth-order valence-electron chi connectivity index (χ4n) is 2.73. The van der Waals surface area contributed by atoms with Crippen LogP contribution in [0.25, 0.3) is 0 Å². The van der Waals surface area contributed by atoms with Gasteiger partial charge in [0, 0.05) is 19.1 Å². The number of hydrogen-bond donors (Lipinski definition) is 1. The van der Waals surface area contributed by atoms with Crippen molar-refractivity contribution in [1.29, 1.82) is 0 Å². The van der Waals surface area contributed by atoms with Crippen molar-refractivity contribution in [3.05, 3.63) is 29.8 Å². The lowest BCUT2D eigenvalue weighted by molar-refractivity contribution is -0.136. The number of ether oxygens (including phenoxy) is 1. The number of amides is 1. The minimum Gasteiger partial charge on any atom is -0.483 e. The molecule has 4 nitrogen and oxygen atoms in total. The molecular formula is C16H25ClN2O2. The van der Waals surface area contributed by atoms with Crippen LogP contribution in [0.3, 0.4) is 0 Å². The molecule has 1 aromatic carbocycles. The maximum absolute atomic E-state index is 12.3. The number of carbonyl (C=O) groups excluding carboxylic acids is 1. The molecule has 0 radical (unpaired) electrons. The van der Waals surface area contributed by atoms with Gasteiger partial charge in [0.15, 0.2) is 6.61 Å². The average Bonchev–Trinajstić information content (AvgIpc) is 2.52. The lowest BCUT2D eigenvalue weighted by atomic mass is 10.0. The van der Waals surface area contributed by atoms with Crippen LogP contribution in [0, 0.1) is 0 Å². The summed E-state index contributed by atoms with van der Waals surface area (Å²) in [6, 6.07) is 8.05. The maximum Gasteiger partial charge on any atom is 0.260 e. The number of benzene rings is 1. The van der Waals surface area contributed by atoms with Crippen molar-refractivity contribution in [3.8, 4) is 5.75 Å². The summed E-state index contributed by atoms with van der Waals surface area (Å²) >= 11 is 0. The molecule has 0 aromatic heterocycles. The van der Waals surface area contributed by atoms with E-state index in [1.165, 1.54) is 0 Å². The molecule has 2 rings (SSSR count). The van der Waals surface area contributed by atoms with E-state index in [1.54, 1.807) is 0 Å². The summed E-state index contributed by atoms with van der Waals surface area (Å²) in [4.78, 5) is 14.2. The quantitative estimate of drug-likeness (QED) is 0.908. The van der Waals surface area contributed by atoms with Gasteiger partial charge in [0.1, 0.15) is 5.75 Å². The average molecular weight is 313 g/mol. The number of nitrogens with zero attached hydrogens (tertiary/aromatic N) is 1. The molecule has 2 N–H and O–H groups in total. The van der Waals surface area contributed by atoms with E-state index in [4.69, 9.17) is 10.5 Å². The van der Waals surface area contributed by atoms with Crippen LogP contribution in [-0.4, -0.2) is 36.5 Å². The summed E-state index contributed by atoms with van der Waals surface area (Å²) in [6.45, 7) is 3.53. The van der Waals surface area contributed by atoms with Crippen molar-refractivity contribution in [1.82, 2.24) is 4.90 Å². The number of rotatable bonds is 5. The minimum atomic E-state index is 0. The van der Waals surface area contributed by atoms with E-state index in [2.05, 4.69) is 6.92 Å². The second-order valence-corrected chi connectivity index (χ2v) is 5.22. The molecule has 0 saturated carbocycles. The number of aryl methyl sites for hydroxylation is 1. The third-order valence-electron chi connectivity index (χ3n) is 3.92. The Balaban J connectivity index is 0.00000220. The molecule has 0 bridgehead atoms. The highest BCUT2D eigenvalue weighted by atomic mass is 35.5. The second-order valence-electron chi connectivity index (χ2n) is 5.22. The van der Waals surface area contributed by atoms with E-state index in [9.17, 15) is 4.79 Å². The Morgan fingerprint density at radius 2 is 2.14 bits per heavy atom. The van der Waals surface area contributed by atoms with Crippen LogP contribution < -0.4 is 10.5 Å². The largest absolute Gasteiger partial charge is 0.483 e. The third-order valence-corrected chi connectivity index (χ3v) is 3.92. The highest BCUT2D eigenvalue weighted by molar-refractivity contribution is 5.85. The van der Waals surface area contributed by atoms with Gasteiger partial charge in [0.05, 0.1) is 0 Å². The molecule has 1 aliphatic heterocycles.